The Morgan fingerprint density at radius 2 is 2.50 bits per heavy atom. The number of hydrogen-bond acceptors (Lipinski definition) is 3. The van der Waals surface area contributed by atoms with Crippen molar-refractivity contribution >= 4 is 9.39 Å². The molecule has 1 aliphatic heterocycles. The highest BCUT2D eigenvalue weighted by atomic mass is 31.0. The van der Waals surface area contributed by atoms with Crippen LogP contribution in [-0.2, 0) is 4.89 Å². The molecule has 0 aromatic rings. The summed E-state index contributed by atoms with van der Waals surface area (Å²) in [5, 5.41) is 8.18. The lowest BCUT2D eigenvalue weighted by Gasteiger charge is -2.28. The largest absolute Gasteiger partial charge is 0.287 e. The second kappa shape index (κ2) is 4.24. The molecule has 1 heterocycles. The van der Waals surface area contributed by atoms with Gasteiger partial charge in [-0.05, 0) is 18.8 Å². The van der Waals surface area contributed by atoms with E-state index in [0.717, 1.165) is 13.1 Å². The summed E-state index contributed by atoms with van der Waals surface area (Å²) in [7, 11) is 2.68. The van der Waals surface area contributed by atoms with Gasteiger partial charge in [0.25, 0.3) is 0 Å². The molecule has 1 rings (SSSR count). The van der Waals surface area contributed by atoms with E-state index in [1.807, 2.05) is 0 Å². The molecule has 0 aromatic carbocycles. The molecule has 1 N–H and O–H groups in total. The minimum absolute atomic E-state index is 0.477. The Morgan fingerprint density at radius 1 is 1.70 bits per heavy atom. The maximum absolute atomic E-state index is 8.18. The van der Waals surface area contributed by atoms with Crippen molar-refractivity contribution in [2.75, 3.05) is 19.7 Å². The minimum Gasteiger partial charge on any atom is -0.287 e. The second-order valence-electron chi connectivity index (χ2n) is 2.80. The second-order valence-corrected chi connectivity index (χ2v) is 3.53. The van der Waals surface area contributed by atoms with Crippen molar-refractivity contribution in [2.24, 2.45) is 5.92 Å². The summed E-state index contributed by atoms with van der Waals surface area (Å²) in [5.74, 6) is 0.510. The average Bonchev–Trinajstić information content (AvgIpc) is 1.88. The van der Waals surface area contributed by atoms with Gasteiger partial charge in [0.15, 0.2) is 0 Å². The van der Waals surface area contributed by atoms with E-state index in [1.165, 1.54) is 12.8 Å². The lowest BCUT2D eigenvalue weighted by atomic mass is 10.0. The summed E-state index contributed by atoms with van der Waals surface area (Å²) < 4.78 is 2.19. The van der Waals surface area contributed by atoms with Crippen LogP contribution in [0.5, 0.6) is 0 Å². The van der Waals surface area contributed by atoms with Gasteiger partial charge in [-0.1, -0.05) is 9.39 Å². The van der Waals surface area contributed by atoms with E-state index in [9.17, 15) is 0 Å². The zero-order chi connectivity index (χ0) is 7.40. The molecule has 0 saturated carbocycles. The van der Waals surface area contributed by atoms with Gasteiger partial charge >= 0.3 is 0 Å². The molecular weight excluding hydrogens is 149 g/mol. The summed E-state index contributed by atoms with van der Waals surface area (Å²) in [4.78, 5) is 4.09. The molecule has 0 radical (unpaired) electrons. The lowest BCUT2D eigenvalue weighted by Crippen LogP contribution is -2.30. The van der Waals surface area contributed by atoms with Crippen molar-refractivity contribution in [1.29, 1.82) is 0 Å². The first-order valence-electron chi connectivity index (χ1n) is 3.59. The maximum Gasteiger partial charge on any atom is 0.0860 e. The van der Waals surface area contributed by atoms with Gasteiger partial charge < -0.3 is 0 Å². The van der Waals surface area contributed by atoms with Crippen LogP contribution >= 0.6 is 9.39 Å². The summed E-state index contributed by atoms with van der Waals surface area (Å²) in [6, 6.07) is 0. The quantitative estimate of drug-likeness (QED) is 0.374. The number of nitrogens with zero attached hydrogens (tertiary/aromatic N) is 1. The summed E-state index contributed by atoms with van der Waals surface area (Å²) in [6.45, 7) is 2.64. The van der Waals surface area contributed by atoms with Crippen LogP contribution in [0.1, 0.15) is 12.8 Å². The monoisotopic (exact) mass is 163 g/mol. The van der Waals surface area contributed by atoms with Crippen LogP contribution in [0.4, 0.5) is 0 Å². The van der Waals surface area contributed by atoms with Gasteiger partial charge in [-0.2, -0.15) is 0 Å². The highest BCUT2D eigenvalue weighted by Gasteiger charge is 2.16. The van der Waals surface area contributed by atoms with Gasteiger partial charge in [-0.25, -0.2) is 4.89 Å². The van der Waals surface area contributed by atoms with Crippen molar-refractivity contribution in [3.05, 3.63) is 0 Å². The van der Waals surface area contributed by atoms with Crippen LogP contribution in [0.25, 0.3) is 0 Å². The van der Waals surface area contributed by atoms with E-state index in [-0.39, 0.29) is 0 Å². The minimum atomic E-state index is 0.477. The van der Waals surface area contributed by atoms with Crippen LogP contribution in [0.15, 0.2) is 0 Å². The van der Waals surface area contributed by atoms with Crippen molar-refractivity contribution in [3.8, 4) is 0 Å². The van der Waals surface area contributed by atoms with Gasteiger partial charge in [0.05, 0.1) is 6.61 Å². The predicted octanol–water partition coefficient (Wildman–Crippen LogP) is 0.978. The third kappa shape index (κ3) is 2.51. The van der Waals surface area contributed by atoms with E-state index < -0.39 is 0 Å². The van der Waals surface area contributed by atoms with Crippen LogP contribution in [0, 0.1) is 5.92 Å². The lowest BCUT2D eigenvalue weighted by molar-refractivity contribution is -0.252. The normalized spacial score (nSPS) is 28.8. The molecule has 2 atom stereocenters. The number of hydrogen-bond donors (Lipinski definition) is 1. The maximum atomic E-state index is 8.18. The number of piperidine rings is 1. The van der Waals surface area contributed by atoms with E-state index in [0.29, 0.717) is 12.5 Å². The van der Waals surface area contributed by atoms with Crippen LogP contribution < -0.4 is 0 Å². The Morgan fingerprint density at radius 3 is 3.10 bits per heavy atom. The number of rotatable bonds is 2. The first-order chi connectivity index (χ1) is 4.83. The standard InChI is InChI=1S/C6H14NO2P/c8-9-5-6-2-1-3-7(10)4-6/h6,8H,1-5,10H2. The van der Waals surface area contributed by atoms with Gasteiger partial charge in [0.2, 0.25) is 0 Å². The van der Waals surface area contributed by atoms with E-state index in [1.54, 1.807) is 0 Å². The third-order valence-corrected chi connectivity index (χ3v) is 2.33. The van der Waals surface area contributed by atoms with Crippen LogP contribution in [0.3, 0.4) is 0 Å². The fourth-order valence-corrected chi connectivity index (χ4v) is 1.82. The summed E-state index contributed by atoms with van der Waals surface area (Å²) in [5.41, 5.74) is 0. The Bertz CT molecular complexity index is 99.7. The van der Waals surface area contributed by atoms with Crippen LogP contribution in [-0.4, -0.2) is 29.6 Å². The zero-order valence-electron chi connectivity index (χ0n) is 5.99. The third-order valence-electron chi connectivity index (χ3n) is 1.86. The molecule has 0 aliphatic carbocycles. The van der Waals surface area contributed by atoms with Crippen molar-refractivity contribution < 1.29 is 10.1 Å². The first kappa shape index (κ1) is 8.41. The zero-order valence-corrected chi connectivity index (χ0v) is 7.15. The van der Waals surface area contributed by atoms with Gasteiger partial charge in [-0.3, -0.25) is 9.93 Å². The molecular formula is C6H14NO2P. The van der Waals surface area contributed by atoms with Crippen molar-refractivity contribution in [1.82, 2.24) is 4.67 Å². The topological polar surface area (TPSA) is 32.7 Å². The molecule has 0 bridgehead atoms. The van der Waals surface area contributed by atoms with E-state index in [4.69, 9.17) is 5.26 Å². The Balaban J connectivity index is 2.18. The SMILES string of the molecule is OOCC1CCCN(P)C1. The van der Waals surface area contributed by atoms with Gasteiger partial charge in [-0.15, -0.1) is 0 Å². The van der Waals surface area contributed by atoms with Gasteiger partial charge in [0, 0.05) is 13.1 Å². The summed E-state index contributed by atoms with van der Waals surface area (Å²) in [6.07, 6.45) is 2.38. The Kier molecular flexibility index (Phi) is 3.57. The molecule has 10 heavy (non-hydrogen) atoms. The van der Waals surface area contributed by atoms with Crippen LogP contribution in [0.2, 0.25) is 0 Å². The Labute approximate surface area is 63.5 Å². The molecule has 0 aromatic heterocycles. The molecule has 1 fully saturated rings. The molecule has 2 unspecified atom stereocenters. The summed E-state index contributed by atoms with van der Waals surface area (Å²) >= 11 is 0. The smallest absolute Gasteiger partial charge is 0.0860 e. The van der Waals surface area contributed by atoms with Gasteiger partial charge in [0.1, 0.15) is 0 Å². The first-order valence-corrected chi connectivity index (χ1v) is 4.10. The molecule has 3 nitrogen and oxygen atoms in total. The van der Waals surface area contributed by atoms with Crippen molar-refractivity contribution in [3.63, 3.8) is 0 Å². The fraction of sp³-hybridized carbons (Fsp3) is 1.00. The molecule has 0 spiro atoms. The Hall–Kier alpha value is 0.310. The highest BCUT2D eigenvalue weighted by molar-refractivity contribution is 7.13. The molecule has 60 valence electrons. The average molecular weight is 163 g/mol. The molecule has 0 amide bonds. The van der Waals surface area contributed by atoms with E-state index in [2.05, 4.69) is 18.9 Å². The van der Waals surface area contributed by atoms with Crippen molar-refractivity contribution in [2.45, 2.75) is 12.8 Å². The fourth-order valence-electron chi connectivity index (χ4n) is 1.34. The molecule has 1 saturated heterocycles. The predicted molar refractivity (Wildman–Crippen MR) is 42.6 cm³/mol. The molecule has 4 heteroatoms. The van der Waals surface area contributed by atoms with E-state index >= 15 is 0 Å². The highest BCUT2D eigenvalue weighted by Crippen LogP contribution is 2.18. The molecule has 1 aliphatic rings.